The molecule has 1 N–H and O–H groups in total. The minimum atomic E-state index is -0.361. The largest absolute Gasteiger partial charge is 0.477 e. The van der Waals surface area contributed by atoms with E-state index in [1.807, 2.05) is 6.92 Å². The Morgan fingerprint density at radius 1 is 1.14 bits per heavy atom. The predicted molar refractivity (Wildman–Crippen MR) is 79.8 cm³/mol. The van der Waals surface area contributed by atoms with Crippen molar-refractivity contribution in [1.29, 1.82) is 0 Å². The van der Waals surface area contributed by atoms with Crippen LogP contribution in [0.2, 0.25) is 0 Å². The summed E-state index contributed by atoms with van der Waals surface area (Å²) in [5.74, 6) is -0.194. The summed E-state index contributed by atoms with van der Waals surface area (Å²) in [6.07, 6.45) is 1.56. The lowest BCUT2D eigenvalue weighted by Gasteiger charge is -2.11. The molecule has 5 nitrogen and oxygen atoms in total. The van der Waals surface area contributed by atoms with E-state index in [0.717, 1.165) is 0 Å². The maximum absolute atomic E-state index is 12.3. The molecule has 0 radical (unpaired) electrons. The van der Waals surface area contributed by atoms with E-state index in [1.165, 1.54) is 6.92 Å². The van der Waals surface area contributed by atoms with Gasteiger partial charge in [0.2, 0.25) is 5.88 Å². The average Bonchev–Trinajstić information content (AvgIpc) is 2.48. The Kier molecular flexibility index (Phi) is 4.66. The number of ketones is 1. The number of aromatic nitrogens is 1. The second kappa shape index (κ2) is 6.65. The Bertz CT molecular complexity index is 668. The molecular formula is C16H16N2O3. The van der Waals surface area contributed by atoms with Crippen LogP contribution in [-0.4, -0.2) is 23.3 Å². The number of anilines is 1. The number of nitrogens with one attached hydrogen (secondary N) is 1. The van der Waals surface area contributed by atoms with Crippen molar-refractivity contribution in [3.8, 4) is 5.88 Å². The summed E-state index contributed by atoms with van der Waals surface area (Å²) in [5.41, 5.74) is 1.27. The van der Waals surface area contributed by atoms with Gasteiger partial charge in [-0.2, -0.15) is 0 Å². The van der Waals surface area contributed by atoms with Gasteiger partial charge in [-0.1, -0.05) is 12.1 Å². The molecule has 2 aromatic rings. The molecule has 0 aliphatic carbocycles. The molecule has 0 saturated heterocycles. The minimum Gasteiger partial charge on any atom is -0.477 e. The van der Waals surface area contributed by atoms with Gasteiger partial charge in [0.25, 0.3) is 5.91 Å². The molecule has 1 aromatic carbocycles. The van der Waals surface area contributed by atoms with Crippen molar-refractivity contribution < 1.29 is 14.3 Å². The molecular weight excluding hydrogens is 268 g/mol. The van der Waals surface area contributed by atoms with Gasteiger partial charge in [-0.05, 0) is 38.1 Å². The van der Waals surface area contributed by atoms with Crippen LogP contribution in [0.25, 0.3) is 0 Å². The van der Waals surface area contributed by atoms with Crippen LogP contribution in [0.15, 0.2) is 42.6 Å². The minimum absolute atomic E-state index is 0.109. The van der Waals surface area contributed by atoms with Gasteiger partial charge in [-0.15, -0.1) is 0 Å². The molecule has 0 saturated carbocycles. The smallest absolute Gasteiger partial charge is 0.261 e. The van der Waals surface area contributed by atoms with Crippen molar-refractivity contribution in [2.75, 3.05) is 11.9 Å². The van der Waals surface area contributed by atoms with Crippen molar-refractivity contribution in [3.63, 3.8) is 0 Å². The number of rotatable bonds is 5. The highest BCUT2D eigenvalue weighted by atomic mass is 16.5. The number of benzene rings is 1. The van der Waals surface area contributed by atoms with Gasteiger partial charge in [-0.25, -0.2) is 4.98 Å². The second-order valence-electron chi connectivity index (χ2n) is 4.35. The van der Waals surface area contributed by atoms with Crippen LogP contribution in [0.5, 0.6) is 5.88 Å². The monoisotopic (exact) mass is 284 g/mol. The van der Waals surface area contributed by atoms with E-state index in [1.54, 1.807) is 42.6 Å². The molecule has 0 spiro atoms. The van der Waals surface area contributed by atoms with E-state index >= 15 is 0 Å². The molecule has 108 valence electrons. The number of nitrogens with zero attached hydrogens (tertiary/aromatic N) is 1. The molecule has 0 aliphatic rings. The number of carbonyl (C=O) groups excluding carboxylic acids is 2. The SMILES string of the molecule is CCOc1ncccc1C(=O)Nc1ccccc1C(C)=O. The molecule has 0 fully saturated rings. The van der Waals surface area contributed by atoms with E-state index in [9.17, 15) is 9.59 Å². The van der Waals surface area contributed by atoms with Crippen LogP contribution >= 0.6 is 0 Å². The number of amides is 1. The number of ether oxygens (including phenoxy) is 1. The van der Waals surface area contributed by atoms with Gasteiger partial charge in [0, 0.05) is 11.8 Å². The topological polar surface area (TPSA) is 68.3 Å². The van der Waals surface area contributed by atoms with Crippen LogP contribution in [0.1, 0.15) is 34.6 Å². The molecule has 0 aliphatic heterocycles. The van der Waals surface area contributed by atoms with Crippen molar-refractivity contribution in [3.05, 3.63) is 53.7 Å². The van der Waals surface area contributed by atoms with E-state index in [2.05, 4.69) is 10.3 Å². The Balaban J connectivity index is 2.29. The first-order chi connectivity index (χ1) is 10.1. The lowest BCUT2D eigenvalue weighted by molar-refractivity contribution is 0.101. The third-order valence-electron chi connectivity index (χ3n) is 2.85. The second-order valence-corrected chi connectivity index (χ2v) is 4.35. The first kappa shape index (κ1) is 14.7. The summed E-state index contributed by atoms with van der Waals surface area (Å²) in [5, 5.41) is 2.73. The summed E-state index contributed by atoms with van der Waals surface area (Å²) < 4.78 is 5.33. The fourth-order valence-electron chi connectivity index (χ4n) is 1.90. The van der Waals surface area contributed by atoms with Crippen molar-refractivity contribution in [1.82, 2.24) is 4.98 Å². The van der Waals surface area contributed by atoms with Crippen LogP contribution in [0.3, 0.4) is 0 Å². The van der Waals surface area contributed by atoms with Crippen LogP contribution in [0, 0.1) is 0 Å². The average molecular weight is 284 g/mol. The summed E-state index contributed by atoms with van der Waals surface area (Å²) in [7, 11) is 0. The Labute approximate surface area is 123 Å². The number of hydrogen-bond donors (Lipinski definition) is 1. The van der Waals surface area contributed by atoms with Gasteiger partial charge in [0.1, 0.15) is 5.56 Å². The quantitative estimate of drug-likeness (QED) is 0.857. The number of carbonyl (C=O) groups is 2. The predicted octanol–water partition coefficient (Wildman–Crippen LogP) is 2.94. The molecule has 2 rings (SSSR count). The van der Waals surface area contributed by atoms with Crippen molar-refractivity contribution >= 4 is 17.4 Å². The Morgan fingerprint density at radius 2 is 1.86 bits per heavy atom. The highest BCUT2D eigenvalue weighted by Crippen LogP contribution is 2.20. The van der Waals surface area contributed by atoms with Crippen molar-refractivity contribution in [2.24, 2.45) is 0 Å². The fourth-order valence-corrected chi connectivity index (χ4v) is 1.90. The van der Waals surface area contributed by atoms with Gasteiger partial charge >= 0.3 is 0 Å². The number of hydrogen-bond acceptors (Lipinski definition) is 4. The zero-order valence-corrected chi connectivity index (χ0v) is 11.9. The van der Waals surface area contributed by atoms with E-state index < -0.39 is 0 Å². The first-order valence-corrected chi connectivity index (χ1v) is 6.62. The van der Waals surface area contributed by atoms with Crippen LogP contribution in [-0.2, 0) is 0 Å². The number of pyridine rings is 1. The van der Waals surface area contributed by atoms with E-state index in [-0.39, 0.29) is 17.6 Å². The lowest BCUT2D eigenvalue weighted by atomic mass is 10.1. The molecule has 0 unspecified atom stereocenters. The zero-order chi connectivity index (χ0) is 15.2. The third-order valence-corrected chi connectivity index (χ3v) is 2.85. The highest BCUT2D eigenvalue weighted by molar-refractivity contribution is 6.09. The zero-order valence-electron chi connectivity index (χ0n) is 11.9. The molecule has 21 heavy (non-hydrogen) atoms. The van der Waals surface area contributed by atoms with Gasteiger partial charge in [0.15, 0.2) is 5.78 Å². The summed E-state index contributed by atoms with van der Waals surface area (Å²) in [4.78, 5) is 27.9. The van der Waals surface area contributed by atoms with E-state index in [4.69, 9.17) is 4.74 Å². The van der Waals surface area contributed by atoms with Crippen LogP contribution in [0.4, 0.5) is 5.69 Å². The van der Waals surface area contributed by atoms with Gasteiger partial charge in [0.05, 0.1) is 12.3 Å². The van der Waals surface area contributed by atoms with Gasteiger partial charge in [-0.3, -0.25) is 9.59 Å². The fraction of sp³-hybridized carbons (Fsp3) is 0.188. The maximum atomic E-state index is 12.3. The molecule has 1 amide bonds. The highest BCUT2D eigenvalue weighted by Gasteiger charge is 2.15. The number of Topliss-reactive ketones (excluding diaryl/α,β-unsaturated/α-hetero) is 1. The third kappa shape index (κ3) is 3.45. The summed E-state index contributed by atoms with van der Waals surface area (Å²) in [6, 6.07) is 10.2. The van der Waals surface area contributed by atoms with Gasteiger partial charge < -0.3 is 10.1 Å². The molecule has 1 heterocycles. The normalized spacial score (nSPS) is 10.0. The number of para-hydroxylation sites is 1. The lowest BCUT2D eigenvalue weighted by Crippen LogP contribution is -2.16. The molecule has 0 bridgehead atoms. The summed E-state index contributed by atoms with van der Waals surface area (Å²) >= 11 is 0. The molecule has 5 heteroatoms. The standard InChI is InChI=1S/C16H16N2O3/c1-3-21-16-13(8-6-10-17-16)15(20)18-14-9-5-4-7-12(14)11(2)19/h4-10H,3H2,1-2H3,(H,18,20). The Hall–Kier alpha value is -2.69. The Morgan fingerprint density at radius 3 is 2.57 bits per heavy atom. The van der Waals surface area contributed by atoms with Crippen molar-refractivity contribution in [2.45, 2.75) is 13.8 Å². The molecule has 0 atom stereocenters. The maximum Gasteiger partial charge on any atom is 0.261 e. The molecule has 1 aromatic heterocycles. The van der Waals surface area contributed by atoms with E-state index in [0.29, 0.717) is 23.4 Å². The summed E-state index contributed by atoms with van der Waals surface area (Å²) in [6.45, 7) is 3.70. The van der Waals surface area contributed by atoms with Crippen LogP contribution < -0.4 is 10.1 Å². The first-order valence-electron chi connectivity index (χ1n) is 6.62.